The van der Waals surface area contributed by atoms with E-state index in [0.717, 1.165) is 30.8 Å². The van der Waals surface area contributed by atoms with Gasteiger partial charge in [0.2, 0.25) is 5.91 Å². The van der Waals surface area contributed by atoms with Crippen molar-refractivity contribution in [2.45, 2.75) is 18.9 Å². The first-order valence-electron chi connectivity index (χ1n) is 9.06. The van der Waals surface area contributed by atoms with Crippen LogP contribution < -0.4 is 10.2 Å². The lowest BCUT2D eigenvalue weighted by Crippen LogP contribution is -2.48. The summed E-state index contributed by atoms with van der Waals surface area (Å²) >= 11 is 0. The average molecular weight is 387 g/mol. The van der Waals surface area contributed by atoms with Gasteiger partial charge in [0.05, 0.1) is 6.04 Å². The molecule has 1 atom stereocenters. The molecule has 2 aliphatic heterocycles. The number of benzene rings is 1. The van der Waals surface area contributed by atoms with Crippen LogP contribution in [0.15, 0.2) is 48.8 Å². The van der Waals surface area contributed by atoms with Gasteiger partial charge in [-0.05, 0) is 36.2 Å². The summed E-state index contributed by atoms with van der Waals surface area (Å²) in [4.78, 5) is 33.1. The van der Waals surface area contributed by atoms with E-state index in [9.17, 15) is 9.59 Å². The molecule has 3 heterocycles. The van der Waals surface area contributed by atoms with Crippen LogP contribution in [0, 0.1) is 0 Å². The van der Waals surface area contributed by atoms with Crippen molar-refractivity contribution in [2.75, 3.05) is 31.1 Å². The van der Waals surface area contributed by atoms with Crippen LogP contribution in [-0.4, -0.2) is 47.9 Å². The van der Waals surface area contributed by atoms with Crippen molar-refractivity contribution in [2.24, 2.45) is 0 Å². The quantitative estimate of drug-likeness (QED) is 0.879. The summed E-state index contributed by atoms with van der Waals surface area (Å²) in [6, 6.07) is 11.3. The molecule has 0 radical (unpaired) electrons. The van der Waals surface area contributed by atoms with Gasteiger partial charge in [0, 0.05) is 56.2 Å². The number of carbonyl (C=O) groups is 2. The predicted molar refractivity (Wildman–Crippen MR) is 106 cm³/mol. The predicted octanol–water partition coefficient (Wildman–Crippen LogP) is 2.42. The number of nitrogens with one attached hydrogen (secondary N) is 1. The molecular weight excluding hydrogens is 364 g/mol. The number of anilines is 1. The first-order chi connectivity index (χ1) is 12.7. The van der Waals surface area contributed by atoms with Crippen molar-refractivity contribution in [1.29, 1.82) is 0 Å². The summed E-state index contributed by atoms with van der Waals surface area (Å²) in [5.41, 5.74) is 2.46. The molecule has 2 fully saturated rings. The fraction of sp³-hybridized carbons (Fsp3) is 0.350. The van der Waals surface area contributed by atoms with Crippen molar-refractivity contribution in [3.05, 3.63) is 59.9 Å². The van der Waals surface area contributed by atoms with E-state index in [1.165, 1.54) is 0 Å². The first kappa shape index (κ1) is 19.3. The lowest BCUT2D eigenvalue weighted by molar-refractivity contribution is -0.117. The Bertz CT molecular complexity index is 815. The molecule has 1 N–H and O–H groups in total. The van der Waals surface area contributed by atoms with Gasteiger partial charge in [0.25, 0.3) is 5.91 Å². The van der Waals surface area contributed by atoms with Crippen LogP contribution >= 0.6 is 12.4 Å². The Labute approximate surface area is 165 Å². The lowest BCUT2D eigenvalue weighted by atomic mass is 10.0. The SMILES string of the molecule is Cl.O=C1CCCN1c1cccc(C(=O)N2CCNCC2c2cccnc2)c1. The fourth-order valence-electron chi connectivity index (χ4n) is 3.71. The number of aromatic nitrogens is 1. The van der Waals surface area contributed by atoms with Gasteiger partial charge in [-0.25, -0.2) is 0 Å². The Kier molecular flexibility index (Phi) is 6.08. The normalized spacial score (nSPS) is 19.7. The molecule has 2 amide bonds. The van der Waals surface area contributed by atoms with E-state index in [1.54, 1.807) is 11.1 Å². The van der Waals surface area contributed by atoms with Crippen molar-refractivity contribution in [3.63, 3.8) is 0 Å². The topological polar surface area (TPSA) is 65.5 Å². The van der Waals surface area contributed by atoms with E-state index >= 15 is 0 Å². The van der Waals surface area contributed by atoms with E-state index in [2.05, 4.69) is 10.3 Å². The Hall–Kier alpha value is -2.44. The molecule has 2 aromatic rings. The van der Waals surface area contributed by atoms with Gasteiger partial charge in [-0.2, -0.15) is 0 Å². The molecule has 2 aliphatic rings. The summed E-state index contributed by atoms with van der Waals surface area (Å²) in [5, 5.41) is 3.36. The van der Waals surface area contributed by atoms with E-state index in [1.807, 2.05) is 47.5 Å². The molecule has 1 unspecified atom stereocenters. The van der Waals surface area contributed by atoms with E-state index in [0.29, 0.717) is 25.1 Å². The van der Waals surface area contributed by atoms with Crippen LogP contribution in [0.3, 0.4) is 0 Å². The molecule has 27 heavy (non-hydrogen) atoms. The molecule has 7 heteroatoms. The van der Waals surface area contributed by atoms with E-state index < -0.39 is 0 Å². The third kappa shape index (κ3) is 3.96. The zero-order valence-electron chi connectivity index (χ0n) is 15.0. The highest BCUT2D eigenvalue weighted by molar-refractivity contribution is 5.99. The van der Waals surface area contributed by atoms with Crippen molar-refractivity contribution in [1.82, 2.24) is 15.2 Å². The lowest BCUT2D eigenvalue weighted by Gasteiger charge is -2.36. The molecule has 4 rings (SSSR count). The highest BCUT2D eigenvalue weighted by Gasteiger charge is 2.29. The molecule has 0 bridgehead atoms. The number of carbonyl (C=O) groups excluding carboxylic acids is 2. The van der Waals surface area contributed by atoms with Gasteiger partial charge in [0.15, 0.2) is 0 Å². The van der Waals surface area contributed by atoms with Gasteiger partial charge in [-0.3, -0.25) is 14.6 Å². The molecule has 1 aromatic heterocycles. The van der Waals surface area contributed by atoms with E-state index in [4.69, 9.17) is 0 Å². The van der Waals surface area contributed by atoms with Crippen molar-refractivity contribution < 1.29 is 9.59 Å². The van der Waals surface area contributed by atoms with Gasteiger partial charge >= 0.3 is 0 Å². The van der Waals surface area contributed by atoms with Crippen LogP contribution in [0.4, 0.5) is 5.69 Å². The molecule has 142 valence electrons. The number of nitrogens with zero attached hydrogens (tertiary/aromatic N) is 3. The largest absolute Gasteiger partial charge is 0.329 e. The first-order valence-corrected chi connectivity index (χ1v) is 9.06. The highest BCUT2D eigenvalue weighted by atomic mass is 35.5. The summed E-state index contributed by atoms with van der Waals surface area (Å²) in [6.45, 7) is 2.85. The highest BCUT2D eigenvalue weighted by Crippen LogP contribution is 2.26. The molecule has 0 aliphatic carbocycles. The maximum Gasteiger partial charge on any atom is 0.254 e. The number of hydrogen-bond acceptors (Lipinski definition) is 4. The minimum absolute atomic E-state index is 0. The summed E-state index contributed by atoms with van der Waals surface area (Å²) in [5.74, 6) is 0.124. The van der Waals surface area contributed by atoms with Gasteiger partial charge in [0.1, 0.15) is 0 Å². The smallest absolute Gasteiger partial charge is 0.254 e. The third-order valence-electron chi connectivity index (χ3n) is 5.05. The maximum absolute atomic E-state index is 13.2. The fourth-order valence-corrected chi connectivity index (χ4v) is 3.71. The van der Waals surface area contributed by atoms with E-state index in [-0.39, 0.29) is 30.3 Å². The Morgan fingerprint density at radius 2 is 2.07 bits per heavy atom. The third-order valence-corrected chi connectivity index (χ3v) is 5.05. The van der Waals surface area contributed by atoms with Crippen LogP contribution in [-0.2, 0) is 4.79 Å². The Balaban J connectivity index is 0.00000210. The monoisotopic (exact) mass is 386 g/mol. The van der Waals surface area contributed by atoms with Gasteiger partial charge < -0.3 is 15.1 Å². The molecule has 2 saturated heterocycles. The molecule has 6 nitrogen and oxygen atoms in total. The van der Waals surface area contributed by atoms with Crippen molar-refractivity contribution in [3.8, 4) is 0 Å². The Morgan fingerprint density at radius 3 is 2.81 bits per heavy atom. The van der Waals surface area contributed by atoms with Crippen LogP contribution in [0.5, 0.6) is 0 Å². The number of amides is 2. The van der Waals surface area contributed by atoms with Gasteiger partial charge in [-0.1, -0.05) is 12.1 Å². The molecule has 0 saturated carbocycles. The summed E-state index contributed by atoms with van der Waals surface area (Å²) in [6.07, 6.45) is 5.01. The second-order valence-corrected chi connectivity index (χ2v) is 6.70. The summed E-state index contributed by atoms with van der Waals surface area (Å²) < 4.78 is 0. The summed E-state index contributed by atoms with van der Waals surface area (Å²) in [7, 11) is 0. The van der Waals surface area contributed by atoms with Crippen LogP contribution in [0.2, 0.25) is 0 Å². The number of piperazine rings is 1. The Morgan fingerprint density at radius 1 is 1.19 bits per heavy atom. The van der Waals surface area contributed by atoms with Crippen LogP contribution in [0.25, 0.3) is 0 Å². The molecule has 1 aromatic carbocycles. The minimum Gasteiger partial charge on any atom is -0.329 e. The zero-order valence-corrected chi connectivity index (χ0v) is 15.8. The molecular formula is C20H23ClN4O2. The second-order valence-electron chi connectivity index (χ2n) is 6.70. The van der Waals surface area contributed by atoms with Crippen molar-refractivity contribution >= 4 is 29.9 Å². The average Bonchev–Trinajstić information content (AvgIpc) is 3.14. The maximum atomic E-state index is 13.2. The van der Waals surface area contributed by atoms with Gasteiger partial charge in [-0.15, -0.1) is 12.4 Å². The van der Waals surface area contributed by atoms with Crippen LogP contribution in [0.1, 0.15) is 34.8 Å². The minimum atomic E-state index is -0.0398. The standard InChI is InChI=1S/C20H22N4O2.ClH/c25-19-7-3-10-23(19)17-6-1-4-15(12-17)20(26)24-11-9-22-14-18(24)16-5-2-8-21-13-16;/h1-2,4-6,8,12-13,18,22H,3,7,9-11,14H2;1H. The number of halogens is 1. The number of pyridine rings is 1. The molecule has 0 spiro atoms. The number of rotatable bonds is 3. The number of hydrogen-bond donors (Lipinski definition) is 1. The zero-order chi connectivity index (χ0) is 17.9. The second kappa shape index (κ2) is 8.50.